The van der Waals surface area contributed by atoms with Crippen molar-refractivity contribution in [3.8, 4) is 0 Å². The zero-order chi connectivity index (χ0) is 12.3. The smallest absolute Gasteiger partial charge is 0.228 e. The maximum Gasteiger partial charge on any atom is 0.228 e. The van der Waals surface area contributed by atoms with Gasteiger partial charge in [0, 0.05) is 32.3 Å². The molecule has 1 aromatic rings. The second-order valence-electron chi connectivity index (χ2n) is 4.23. The average Bonchev–Trinajstić information content (AvgIpc) is 2.73. The molecule has 1 aromatic carbocycles. The zero-order valence-electron chi connectivity index (χ0n) is 10.1. The molecule has 0 aromatic heterocycles. The summed E-state index contributed by atoms with van der Waals surface area (Å²) in [5.41, 5.74) is 8.78. The molecule has 2 rings (SSSR count). The number of ether oxygens (including phenoxy) is 1. The number of hydrogen-bond acceptors (Lipinski definition) is 3. The summed E-state index contributed by atoms with van der Waals surface area (Å²) in [7, 11) is 1.67. The van der Waals surface area contributed by atoms with Crippen LogP contribution in [0.5, 0.6) is 0 Å². The van der Waals surface area contributed by atoms with Crippen LogP contribution in [0.4, 0.5) is 5.69 Å². The molecule has 0 bridgehead atoms. The first-order chi connectivity index (χ1) is 8.26. The largest absolute Gasteiger partial charge is 0.380 e. The molecule has 1 aliphatic rings. The molecule has 0 spiro atoms. The predicted octanol–water partition coefficient (Wildman–Crippen LogP) is 1.07. The highest BCUT2D eigenvalue weighted by atomic mass is 16.5. The number of methoxy groups -OCH3 is 1. The molecule has 1 amide bonds. The van der Waals surface area contributed by atoms with Crippen molar-refractivity contribution < 1.29 is 9.53 Å². The van der Waals surface area contributed by atoms with Crippen LogP contribution in [-0.2, 0) is 22.6 Å². The van der Waals surface area contributed by atoms with E-state index in [1.807, 2.05) is 11.0 Å². The van der Waals surface area contributed by atoms with Gasteiger partial charge in [0.25, 0.3) is 0 Å². The molecule has 4 nitrogen and oxygen atoms in total. The van der Waals surface area contributed by atoms with Gasteiger partial charge in [-0.25, -0.2) is 0 Å². The summed E-state index contributed by atoms with van der Waals surface area (Å²) in [4.78, 5) is 13.7. The number of nitrogens with two attached hydrogens (primary N) is 1. The van der Waals surface area contributed by atoms with Crippen molar-refractivity contribution >= 4 is 11.6 Å². The van der Waals surface area contributed by atoms with Gasteiger partial charge < -0.3 is 15.4 Å². The van der Waals surface area contributed by atoms with Gasteiger partial charge in [0.2, 0.25) is 5.91 Å². The Bertz CT molecular complexity index is 418. The lowest BCUT2D eigenvalue weighted by Gasteiger charge is -2.17. The van der Waals surface area contributed by atoms with Gasteiger partial charge in [-0.2, -0.15) is 0 Å². The van der Waals surface area contributed by atoms with Crippen LogP contribution >= 0.6 is 0 Å². The van der Waals surface area contributed by atoms with Crippen LogP contribution in [0, 0.1) is 0 Å². The van der Waals surface area contributed by atoms with Gasteiger partial charge in [-0.05, 0) is 23.6 Å². The van der Waals surface area contributed by atoms with Crippen LogP contribution in [0.1, 0.15) is 17.5 Å². The second kappa shape index (κ2) is 5.29. The highest BCUT2D eigenvalue weighted by molar-refractivity contribution is 5.95. The Balaban J connectivity index is 2.22. The third-order valence-electron chi connectivity index (χ3n) is 3.02. The fraction of sp³-hybridized carbons (Fsp3) is 0.462. The lowest BCUT2D eigenvalue weighted by Crippen LogP contribution is -2.30. The number of amides is 1. The number of hydrogen-bond donors (Lipinski definition) is 1. The summed E-state index contributed by atoms with van der Waals surface area (Å²) < 4.78 is 5.11. The molecule has 0 saturated heterocycles. The summed E-state index contributed by atoms with van der Waals surface area (Å²) in [6, 6.07) is 6.18. The first kappa shape index (κ1) is 12.1. The van der Waals surface area contributed by atoms with Crippen molar-refractivity contribution in [3.05, 3.63) is 29.3 Å². The summed E-state index contributed by atoms with van der Waals surface area (Å²) in [5.74, 6) is 0.112. The van der Waals surface area contributed by atoms with Crippen molar-refractivity contribution in [2.75, 3.05) is 25.1 Å². The van der Waals surface area contributed by atoms with Crippen LogP contribution in [-0.4, -0.2) is 26.1 Å². The summed E-state index contributed by atoms with van der Waals surface area (Å²) in [6.07, 6.45) is 1.34. The van der Waals surface area contributed by atoms with Crippen molar-refractivity contribution in [2.45, 2.75) is 19.4 Å². The minimum absolute atomic E-state index is 0.112. The Hall–Kier alpha value is -1.39. The van der Waals surface area contributed by atoms with Crippen molar-refractivity contribution in [2.24, 2.45) is 5.73 Å². The molecule has 0 aliphatic carbocycles. The van der Waals surface area contributed by atoms with E-state index in [1.54, 1.807) is 7.11 Å². The number of fused-ring (bicyclic) bond motifs is 1. The van der Waals surface area contributed by atoms with Gasteiger partial charge in [0.15, 0.2) is 0 Å². The molecule has 0 unspecified atom stereocenters. The van der Waals surface area contributed by atoms with Crippen LogP contribution in [0.2, 0.25) is 0 Å². The molecule has 0 fully saturated rings. The fourth-order valence-corrected chi connectivity index (χ4v) is 2.20. The van der Waals surface area contributed by atoms with Gasteiger partial charge in [-0.15, -0.1) is 0 Å². The Morgan fingerprint density at radius 2 is 2.35 bits per heavy atom. The van der Waals surface area contributed by atoms with Crippen LogP contribution in [0.15, 0.2) is 18.2 Å². The van der Waals surface area contributed by atoms with E-state index in [9.17, 15) is 4.79 Å². The molecule has 92 valence electrons. The Kier molecular flexibility index (Phi) is 3.76. The predicted molar refractivity (Wildman–Crippen MR) is 66.9 cm³/mol. The normalized spacial score (nSPS) is 13.9. The van der Waals surface area contributed by atoms with Crippen molar-refractivity contribution in [1.82, 2.24) is 0 Å². The Morgan fingerprint density at radius 1 is 1.53 bits per heavy atom. The third kappa shape index (κ3) is 2.48. The van der Waals surface area contributed by atoms with Crippen molar-refractivity contribution in [3.63, 3.8) is 0 Å². The van der Waals surface area contributed by atoms with E-state index in [2.05, 4.69) is 12.1 Å². The standard InChI is InChI=1S/C13H18N2O2/c1-17-9-10-2-3-11-5-7-15(12(11)8-10)13(16)4-6-14/h2-3,8H,4-7,9,14H2,1H3. The first-order valence-electron chi connectivity index (χ1n) is 5.87. The SMILES string of the molecule is COCc1ccc2c(c1)N(C(=O)CCN)CC2. The van der Waals surface area contributed by atoms with E-state index in [1.165, 1.54) is 5.56 Å². The first-order valence-corrected chi connectivity index (χ1v) is 5.87. The zero-order valence-corrected chi connectivity index (χ0v) is 10.1. The number of anilines is 1. The molecular weight excluding hydrogens is 216 g/mol. The molecule has 4 heteroatoms. The highest BCUT2D eigenvalue weighted by Crippen LogP contribution is 2.29. The summed E-state index contributed by atoms with van der Waals surface area (Å²) in [6.45, 7) is 1.75. The maximum atomic E-state index is 11.9. The molecule has 1 heterocycles. The molecule has 17 heavy (non-hydrogen) atoms. The third-order valence-corrected chi connectivity index (χ3v) is 3.02. The van der Waals surface area contributed by atoms with E-state index in [0.29, 0.717) is 19.6 Å². The van der Waals surface area contributed by atoms with Crippen LogP contribution < -0.4 is 10.6 Å². The Labute approximate surface area is 101 Å². The molecule has 0 atom stereocenters. The quantitative estimate of drug-likeness (QED) is 0.848. The van der Waals surface area contributed by atoms with Gasteiger partial charge in [-0.3, -0.25) is 4.79 Å². The average molecular weight is 234 g/mol. The van der Waals surface area contributed by atoms with E-state index >= 15 is 0 Å². The number of rotatable bonds is 4. The number of nitrogens with zero attached hydrogens (tertiary/aromatic N) is 1. The summed E-state index contributed by atoms with van der Waals surface area (Å²) >= 11 is 0. The van der Waals surface area contributed by atoms with Gasteiger partial charge >= 0.3 is 0 Å². The molecule has 0 saturated carbocycles. The van der Waals surface area contributed by atoms with Gasteiger partial charge in [0.05, 0.1) is 6.61 Å². The highest BCUT2D eigenvalue weighted by Gasteiger charge is 2.23. The van der Waals surface area contributed by atoms with Gasteiger partial charge in [0.1, 0.15) is 0 Å². The van der Waals surface area contributed by atoms with Crippen molar-refractivity contribution in [1.29, 1.82) is 0 Å². The van der Waals surface area contributed by atoms with E-state index in [-0.39, 0.29) is 5.91 Å². The molecule has 2 N–H and O–H groups in total. The van der Waals surface area contributed by atoms with Gasteiger partial charge in [-0.1, -0.05) is 12.1 Å². The lowest BCUT2D eigenvalue weighted by atomic mass is 10.1. The van der Waals surface area contributed by atoms with Crippen LogP contribution in [0.3, 0.4) is 0 Å². The Morgan fingerprint density at radius 3 is 3.06 bits per heavy atom. The molecular formula is C13H18N2O2. The van der Waals surface area contributed by atoms with E-state index in [4.69, 9.17) is 10.5 Å². The minimum atomic E-state index is 0.112. The minimum Gasteiger partial charge on any atom is -0.380 e. The van der Waals surface area contributed by atoms with Crippen LogP contribution in [0.25, 0.3) is 0 Å². The second-order valence-corrected chi connectivity index (χ2v) is 4.23. The van der Waals surface area contributed by atoms with E-state index in [0.717, 1.165) is 24.2 Å². The molecule has 1 aliphatic heterocycles. The number of carbonyl (C=O) groups excluding carboxylic acids is 1. The fourth-order valence-electron chi connectivity index (χ4n) is 2.20. The maximum absolute atomic E-state index is 11.9. The number of carbonyl (C=O) groups is 1. The topological polar surface area (TPSA) is 55.6 Å². The van der Waals surface area contributed by atoms with E-state index < -0.39 is 0 Å². The monoisotopic (exact) mass is 234 g/mol. The lowest BCUT2D eigenvalue weighted by molar-refractivity contribution is -0.118. The summed E-state index contributed by atoms with van der Waals surface area (Å²) in [5, 5.41) is 0. The molecule has 0 radical (unpaired) electrons. The number of benzene rings is 1.